The average Bonchev–Trinajstić information content (AvgIpc) is 3.08. The summed E-state index contributed by atoms with van der Waals surface area (Å²) in [5.41, 5.74) is 5.41. The Kier molecular flexibility index (Phi) is 5.57. The molecule has 3 N–H and O–H groups in total. The van der Waals surface area contributed by atoms with Crippen molar-refractivity contribution in [2.24, 2.45) is 5.73 Å². The molecule has 108 valence electrons. The van der Waals surface area contributed by atoms with Crippen LogP contribution >= 0.6 is 23.1 Å². The van der Waals surface area contributed by atoms with Gasteiger partial charge in [0.05, 0.1) is 4.88 Å². The Hall–Kier alpha value is -1.38. The zero-order valence-corrected chi connectivity index (χ0v) is 12.3. The van der Waals surface area contributed by atoms with Crippen LogP contribution in [0.3, 0.4) is 0 Å². The van der Waals surface area contributed by atoms with Crippen molar-refractivity contribution >= 4 is 29.1 Å². The van der Waals surface area contributed by atoms with Gasteiger partial charge in [0.25, 0.3) is 0 Å². The van der Waals surface area contributed by atoms with E-state index in [-0.39, 0.29) is 0 Å². The van der Waals surface area contributed by atoms with Crippen LogP contribution < -0.4 is 5.73 Å². The van der Waals surface area contributed by atoms with E-state index in [1.54, 1.807) is 11.3 Å². The lowest BCUT2D eigenvalue weighted by Gasteiger charge is -2.04. The van der Waals surface area contributed by atoms with Crippen LogP contribution in [0, 0.1) is 0 Å². The Balaban J connectivity index is 1.69. The fourth-order valence-corrected chi connectivity index (χ4v) is 3.03. The van der Waals surface area contributed by atoms with Crippen molar-refractivity contribution in [2.75, 3.05) is 11.5 Å². The molecule has 0 bridgehead atoms. The molecule has 0 spiro atoms. The molecule has 2 rings (SSSR count). The number of rotatable bonds is 8. The molecule has 0 saturated heterocycles. The Morgan fingerprint density at radius 3 is 3.15 bits per heavy atom. The second-order valence-electron chi connectivity index (χ2n) is 4.11. The smallest absolute Gasteiger partial charge is 0.321 e. The molecule has 2 heterocycles. The van der Waals surface area contributed by atoms with Crippen LogP contribution in [0.2, 0.25) is 0 Å². The summed E-state index contributed by atoms with van der Waals surface area (Å²) in [6.45, 7) is 0. The molecule has 0 unspecified atom stereocenters. The second kappa shape index (κ2) is 7.41. The van der Waals surface area contributed by atoms with E-state index < -0.39 is 12.0 Å². The lowest BCUT2D eigenvalue weighted by atomic mass is 10.3. The molecule has 1 atom stereocenters. The highest BCUT2D eigenvalue weighted by atomic mass is 32.2. The number of thiophene rings is 1. The van der Waals surface area contributed by atoms with Crippen molar-refractivity contribution in [3.63, 3.8) is 0 Å². The highest BCUT2D eigenvalue weighted by molar-refractivity contribution is 7.99. The number of hydrogen-bond donors (Lipinski definition) is 2. The Bertz CT molecular complexity index is 542. The van der Waals surface area contributed by atoms with Crippen molar-refractivity contribution < 1.29 is 14.4 Å². The van der Waals surface area contributed by atoms with E-state index in [2.05, 4.69) is 10.1 Å². The summed E-state index contributed by atoms with van der Waals surface area (Å²) in [4.78, 5) is 15.8. The summed E-state index contributed by atoms with van der Waals surface area (Å²) in [6.07, 6.45) is 1.54. The van der Waals surface area contributed by atoms with Crippen molar-refractivity contribution in [1.29, 1.82) is 0 Å². The van der Waals surface area contributed by atoms with Crippen molar-refractivity contribution in [3.05, 3.63) is 23.4 Å². The van der Waals surface area contributed by atoms with Gasteiger partial charge in [-0.3, -0.25) is 4.79 Å². The largest absolute Gasteiger partial charge is 0.480 e. The fourth-order valence-electron chi connectivity index (χ4n) is 1.47. The summed E-state index contributed by atoms with van der Waals surface area (Å²) in [7, 11) is 0. The zero-order valence-electron chi connectivity index (χ0n) is 10.7. The van der Waals surface area contributed by atoms with E-state index in [1.807, 2.05) is 17.5 Å². The Labute approximate surface area is 124 Å². The minimum Gasteiger partial charge on any atom is -0.480 e. The number of thioether (sulfide) groups is 1. The second-order valence-corrected chi connectivity index (χ2v) is 6.21. The number of aryl methyl sites for hydroxylation is 1. The minimum atomic E-state index is -0.963. The van der Waals surface area contributed by atoms with E-state index >= 15 is 0 Å². The van der Waals surface area contributed by atoms with E-state index in [0.717, 1.165) is 17.1 Å². The molecule has 0 aliphatic heterocycles. The van der Waals surface area contributed by atoms with E-state index in [9.17, 15) is 4.79 Å². The number of hydrogen-bond acceptors (Lipinski definition) is 7. The quantitative estimate of drug-likeness (QED) is 0.717. The molecule has 0 saturated carbocycles. The monoisotopic (exact) mass is 313 g/mol. The van der Waals surface area contributed by atoms with Crippen LogP contribution in [-0.4, -0.2) is 38.8 Å². The van der Waals surface area contributed by atoms with Crippen molar-refractivity contribution in [2.45, 2.75) is 18.9 Å². The maximum absolute atomic E-state index is 10.5. The molecule has 8 heteroatoms. The Morgan fingerprint density at radius 1 is 1.60 bits per heavy atom. The van der Waals surface area contributed by atoms with Gasteiger partial charge in [0, 0.05) is 12.2 Å². The van der Waals surface area contributed by atoms with Gasteiger partial charge in [0.2, 0.25) is 11.7 Å². The normalized spacial score (nSPS) is 12.4. The third kappa shape index (κ3) is 4.32. The number of carbonyl (C=O) groups is 1. The number of aliphatic carboxylic acids is 1. The zero-order chi connectivity index (χ0) is 14.4. The lowest BCUT2D eigenvalue weighted by molar-refractivity contribution is -0.137. The molecule has 2 aromatic heterocycles. The summed E-state index contributed by atoms with van der Waals surface area (Å²) in [5.74, 6) is 1.50. The maximum atomic E-state index is 10.5. The lowest BCUT2D eigenvalue weighted by Crippen LogP contribution is -2.32. The first-order valence-electron chi connectivity index (χ1n) is 6.09. The summed E-state index contributed by atoms with van der Waals surface area (Å²) in [6, 6.07) is 3.09. The number of carboxylic acid groups (broad SMARTS) is 1. The molecule has 0 amide bonds. The van der Waals surface area contributed by atoms with Gasteiger partial charge in [-0.05, 0) is 23.6 Å². The molecule has 0 radical (unpaired) electrons. The predicted octanol–water partition coefficient (Wildman–Crippen LogP) is 1.88. The van der Waals surface area contributed by atoms with Gasteiger partial charge in [-0.15, -0.1) is 11.3 Å². The molecule has 0 fully saturated rings. The van der Waals surface area contributed by atoms with E-state index in [0.29, 0.717) is 23.9 Å². The first-order valence-corrected chi connectivity index (χ1v) is 8.13. The highest BCUT2D eigenvalue weighted by Crippen LogP contribution is 2.21. The van der Waals surface area contributed by atoms with E-state index in [1.165, 1.54) is 11.8 Å². The highest BCUT2D eigenvalue weighted by Gasteiger charge is 2.11. The molecule has 0 aliphatic rings. The minimum absolute atomic E-state index is 0.416. The van der Waals surface area contributed by atoms with Gasteiger partial charge in [0.1, 0.15) is 6.04 Å². The predicted molar refractivity (Wildman–Crippen MR) is 78.9 cm³/mol. The standard InChI is InChI=1S/C12H15N3O3S2/c13-8(12(16)17)7-19-5-2-4-10-14-11(15-18-10)9-3-1-6-20-9/h1,3,6,8H,2,4-5,7,13H2,(H,16,17)/t8-/m1/s1. The van der Waals surface area contributed by atoms with Crippen LogP contribution in [0.4, 0.5) is 0 Å². The molecular weight excluding hydrogens is 298 g/mol. The van der Waals surface area contributed by atoms with E-state index in [4.69, 9.17) is 15.4 Å². The molecule has 2 aromatic rings. The third-order valence-corrected chi connectivity index (χ3v) is 4.54. The van der Waals surface area contributed by atoms with Gasteiger partial charge in [-0.25, -0.2) is 0 Å². The van der Waals surface area contributed by atoms with Crippen LogP contribution in [0.15, 0.2) is 22.0 Å². The van der Waals surface area contributed by atoms with Crippen LogP contribution in [-0.2, 0) is 11.2 Å². The number of carboxylic acids is 1. The SMILES string of the molecule is N[C@H](CSCCCc1nc(-c2cccs2)no1)C(=O)O. The molecule has 20 heavy (non-hydrogen) atoms. The maximum Gasteiger partial charge on any atom is 0.321 e. The topological polar surface area (TPSA) is 102 Å². The first kappa shape index (κ1) is 15.0. The molecule has 0 aliphatic carbocycles. The van der Waals surface area contributed by atoms with Gasteiger partial charge in [0.15, 0.2) is 0 Å². The summed E-state index contributed by atoms with van der Waals surface area (Å²) in [5, 5.41) is 14.5. The summed E-state index contributed by atoms with van der Waals surface area (Å²) >= 11 is 3.09. The van der Waals surface area contributed by atoms with Crippen molar-refractivity contribution in [1.82, 2.24) is 10.1 Å². The number of nitrogens with zero attached hydrogens (tertiary/aromatic N) is 2. The average molecular weight is 313 g/mol. The van der Waals surface area contributed by atoms with Gasteiger partial charge in [-0.2, -0.15) is 16.7 Å². The number of aromatic nitrogens is 2. The van der Waals surface area contributed by atoms with Gasteiger partial charge < -0.3 is 15.4 Å². The fraction of sp³-hybridized carbons (Fsp3) is 0.417. The van der Waals surface area contributed by atoms with Crippen molar-refractivity contribution in [3.8, 4) is 10.7 Å². The molecule has 6 nitrogen and oxygen atoms in total. The first-order chi connectivity index (χ1) is 9.66. The third-order valence-electron chi connectivity index (χ3n) is 2.50. The summed E-state index contributed by atoms with van der Waals surface area (Å²) < 4.78 is 5.17. The Morgan fingerprint density at radius 2 is 2.45 bits per heavy atom. The van der Waals surface area contributed by atoms with Crippen LogP contribution in [0.1, 0.15) is 12.3 Å². The number of nitrogens with two attached hydrogens (primary N) is 1. The van der Waals surface area contributed by atoms with Gasteiger partial charge >= 0.3 is 5.97 Å². The molecular formula is C12H15N3O3S2. The van der Waals surface area contributed by atoms with Crippen LogP contribution in [0.25, 0.3) is 10.7 Å². The van der Waals surface area contributed by atoms with Gasteiger partial charge in [-0.1, -0.05) is 11.2 Å². The molecule has 0 aromatic carbocycles. The van der Waals surface area contributed by atoms with Crippen LogP contribution in [0.5, 0.6) is 0 Å².